The first-order valence-electron chi connectivity index (χ1n) is 4.15. The maximum atomic E-state index is 5.46. The maximum absolute atomic E-state index is 5.46. The van der Waals surface area contributed by atoms with Gasteiger partial charge in [-0.3, -0.25) is 0 Å². The third kappa shape index (κ3) is 3.03. The summed E-state index contributed by atoms with van der Waals surface area (Å²) in [6.45, 7) is 2.69. The summed E-state index contributed by atoms with van der Waals surface area (Å²) in [5, 5.41) is 0. The van der Waals surface area contributed by atoms with E-state index < -0.39 is 0 Å². The normalized spacial score (nSPS) is 9.69. The van der Waals surface area contributed by atoms with Crippen LogP contribution in [-0.2, 0) is 0 Å². The van der Waals surface area contributed by atoms with Crippen LogP contribution in [0.3, 0.4) is 0 Å². The Kier molecular flexibility index (Phi) is 3.25. The number of hydrogen-bond donors (Lipinski definition) is 1. The van der Waals surface area contributed by atoms with Gasteiger partial charge in [0, 0.05) is 12.7 Å². The summed E-state index contributed by atoms with van der Waals surface area (Å²) < 4.78 is 0. The van der Waals surface area contributed by atoms with Crippen molar-refractivity contribution in [3.8, 4) is 0 Å². The number of likely N-dealkylation sites (N-methyl/N-ethyl adjacent to an activating group) is 1. The lowest BCUT2D eigenvalue weighted by Crippen LogP contribution is -2.29. The molecule has 70 valence electrons. The summed E-state index contributed by atoms with van der Waals surface area (Å²) in [5.41, 5.74) is 7.85. The lowest BCUT2D eigenvalue weighted by Gasteiger charge is -2.18. The van der Waals surface area contributed by atoms with Crippen molar-refractivity contribution < 1.29 is 0 Å². The zero-order valence-electron chi connectivity index (χ0n) is 7.95. The first kappa shape index (κ1) is 9.99. The van der Waals surface area contributed by atoms with E-state index in [9.17, 15) is 0 Å². The molecule has 0 aliphatic rings. The van der Waals surface area contributed by atoms with E-state index >= 15 is 0 Å². The molecule has 2 N–H and O–H groups in total. The average molecular weight is 194 g/mol. The van der Waals surface area contributed by atoms with E-state index in [-0.39, 0.29) is 0 Å². The minimum atomic E-state index is 0.518. The standard InChI is InChI=1S/C10H14N2S/c1-8-4-3-5-9(6-8)12(2)7-10(11)13/h3-6H,7H2,1-2H3,(H2,11,13). The zero-order valence-corrected chi connectivity index (χ0v) is 8.77. The summed E-state index contributed by atoms with van der Waals surface area (Å²) in [6, 6.07) is 8.25. The molecular formula is C10H14N2S. The lowest BCUT2D eigenvalue weighted by molar-refractivity contribution is 1.06. The minimum Gasteiger partial charge on any atom is -0.392 e. The summed E-state index contributed by atoms with van der Waals surface area (Å²) in [6.07, 6.45) is 0. The molecule has 0 amide bonds. The predicted molar refractivity (Wildman–Crippen MR) is 61.2 cm³/mol. The van der Waals surface area contributed by atoms with E-state index in [4.69, 9.17) is 18.0 Å². The smallest absolute Gasteiger partial charge is 0.0923 e. The number of anilines is 1. The fourth-order valence-electron chi connectivity index (χ4n) is 1.19. The van der Waals surface area contributed by atoms with Crippen molar-refractivity contribution in [1.82, 2.24) is 0 Å². The van der Waals surface area contributed by atoms with Crippen molar-refractivity contribution >= 4 is 22.9 Å². The van der Waals surface area contributed by atoms with Gasteiger partial charge < -0.3 is 10.6 Å². The quantitative estimate of drug-likeness (QED) is 0.743. The number of hydrogen-bond acceptors (Lipinski definition) is 2. The van der Waals surface area contributed by atoms with Crippen LogP contribution in [-0.4, -0.2) is 18.6 Å². The van der Waals surface area contributed by atoms with Gasteiger partial charge in [0.1, 0.15) is 0 Å². The van der Waals surface area contributed by atoms with Gasteiger partial charge in [0.2, 0.25) is 0 Å². The van der Waals surface area contributed by atoms with Gasteiger partial charge in [0.05, 0.1) is 11.5 Å². The van der Waals surface area contributed by atoms with Crippen LogP contribution in [0.5, 0.6) is 0 Å². The van der Waals surface area contributed by atoms with Crippen LogP contribution in [0.1, 0.15) is 5.56 Å². The van der Waals surface area contributed by atoms with Crippen LogP contribution in [0.15, 0.2) is 24.3 Å². The highest BCUT2D eigenvalue weighted by Gasteiger charge is 2.00. The molecule has 0 aliphatic heterocycles. The second-order valence-electron chi connectivity index (χ2n) is 3.16. The first-order chi connectivity index (χ1) is 6.09. The van der Waals surface area contributed by atoms with Crippen LogP contribution >= 0.6 is 12.2 Å². The second-order valence-corrected chi connectivity index (χ2v) is 3.69. The third-order valence-electron chi connectivity index (χ3n) is 1.84. The SMILES string of the molecule is Cc1cccc(N(C)CC(N)=S)c1. The van der Waals surface area contributed by atoms with Gasteiger partial charge in [-0.2, -0.15) is 0 Å². The summed E-state index contributed by atoms with van der Waals surface area (Å²) in [5.74, 6) is 0. The predicted octanol–water partition coefficient (Wildman–Crippen LogP) is 1.72. The highest BCUT2D eigenvalue weighted by atomic mass is 32.1. The Morgan fingerprint density at radius 3 is 2.77 bits per heavy atom. The third-order valence-corrected chi connectivity index (χ3v) is 1.96. The molecule has 0 heterocycles. The molecule has 0 aromatic heterocycles. The highest BCUT2D eigenvalue weighted by Crippen LogP contribution is 2.13. The Bertz CT molecular complexity index is 310. The molecule has 0 unspecified atom stereocenters. The molecule has 0 atom stereocenters. The molecule has 13 heavy (non-hydrogen) atoms. The Hall–Kier alpha value is -1.09. The van der Waals surface area contributed by atoms with Gasteiger partial charge in [-0.05, 0) is 24.6 Å². The van der Waals surface area contributed by atoms with Crippen molar-refractivity contribution in [3.05, 3.63) is 29.8 Å². The monoisotopic (exact) mass is 194 g/mol. The van der Waals surface area contributed by atoms with Crippen molar-refractivity contribution in [2.24, 2.45) is 5.73 Å². The van der Waals surface area contributed by atoms with Crippen molar-refractivity contribution in [2.45, 2.75) is 6.92 Å². The van der Waals surface area contributed by atoms with Crippen molar-refractivity contribution in [2.75, 3.05) is 18.5 Å². The number of thiocarbonyl (C=S) groups is 1. The van der Waals surface area contributed by atoms with Gasteiger partial charge >= 0.3 is 0 Å². The Morgan fingerprint density at radius 2 is 2.23 bits per heavy atom. The highest BCUT2D eigenvalue weighted by molar-refractivity contribution is 7.80. The summed E-state index contributed by atoms with van der Waals surface area (Å²) in [7, 11) is 1.98. The van der Waals surface area contributed by atoms with Crippen LogP contribution in [0, 0.1) is 6.92 Å². The Balaban J connectivity index is 2.76. The molecule has 0 saturated carbocycles. The zero-order chi connectivity index (χ0) is 9.84. The fourth-order valence-corrected chi connectivity index (χ4v) is 1.38. The molecular weight excluding hydrogens is 180 g/mol. The lowest BCUT2D eigenvalue weighted by atomic mass is 10.2. The molecule has 0 bridgehead atoms. The number of nitrogens with zero attached hydrogens (tertiary/aromatic N) is 1. The molecule has 0 aliphatic carbocycles. The van der Waals surface area contributed by atoms with Crippen molar-refractivity contribution in [3.63, 3.8) is 0 Å². The molecule has 0 spiro atoms. The van der Waals surface area contributed by atoms with Gasteiger partial charge in [0.15, 0.2) is 0 Å². The average Bonchev–Trinajstić information content (AvgIpc) is 2.03. The topological polar surface area (TPSA) is 29.3 Å². The number of benzene rings is 1. The van der Waals surface area contributed by atoms with Crippen LogP contribution in [0.25, 0.3) is 0 Å². The van der Waals surface area contributed by atoms with E-state index in [1.54, 1.807) is 0 Å². The fraction of sp³-hybridized carbons (Fsp3) is 0.300. The molecule has 3 heteroatoms. The summed E-state index contributed by atoms with van der Waals surface area (Å²) in [4.78, 5) is 2.55. The van der Waals surface area contributed by atoms with Gasteiger partial charge in [-0.1, -0.05) is 24.4 Å². The van der Waals surface area contributed by atoms with Crippen LogP contribution in [0.2, 0.25) is 0 Å². The van der Waals surface area contributed by atoms with Gasteiger partial charge in [-0.25, -0.2) is 0 Å². The maximum Gasteiger partial charge on any atom is 0.0923 e. The van der Waals surface area contributed by atoms with Gasteiger partial charge in [0.25, 0.3) is 0 Å². The molecule has 0 saturated heterocycles. The van der Waals surface area contributed by atoms with E-state index in [1.165, 1.54) is 5.56 Å². The van der Waals surface area contributed by atoms with E-state index in [1.807, 2.05) is 24.1 Å². The molecule has 0 fully saturated rings. The molecule has 0 radical (unpaired) electrons. The molecule has 1 aromatic rings. The van der Waals surface area contributed by atoms with Gasteiger partial charge in [-0.15, -0.1) is 0 Å². The van der Waals surface area contributed by atoms with E-state index in [0.29, 0.717) is 11.5 Å². The van der Waals surface area contributed by atoms with E-state index in [0.717, 1.165) is 5.69 Å². The van der Waals surface area contributed by atoms with Crippen LogP contribution < -0.4 is 10.6 Å². The second kappa shape index (κ2) is 4.23. The Morgan fingerprint density at radius 1 is 1.54 bits per heavy atom. The summed E-state index contributed by atoms with van der Waals surface area (Å²) >= 11 is 4.84. The largest absolute Gasteiger partial charge is 0.392 e. The Labute approximate surface area is 84.3 Å². The van der Waals surface area contributed by atoms with Crippen molar-refractivity contribution in [1.29, 1.82) is 0 Å². The van der Waals surface area contributed by atoms with Crippen LogP contribution in [0.4, 0.5) is 5.69 Å². The van der Waals surface area contributed by atoms with E-state index in [2.05, 4.69) is 19.1 Å². The number of rotatable bonds is 3. The number of nitrogens with two attached hydrogens (primary N) is 1. The molecule has 1 aromatic carbocycles. The minimum absolute atomic E-state index is 0.518. The molecule has 1 rings (SSSR count). The number of aryl methyl sites for hydroxylation is 1. The first-order valence-corrected chi connectivity index (χ1v) is 4.56. The molecule has 2 nitrogen and oxygen atoms in total.